The van der Waals surface area contributed by atoms with Crippen molar-refractivity contribution in [2.24, 2.45) is 50.2 Å². The molecule has 22 atom stereocenters. The maximum absolute atomic E-state index is 13.1. The maximum Gasteiger partial charge on any atom is 0.335 e. The van der Waals surface area contributed by atoms with Crippen LogP contribution in [0.4, 0.5) is 0 Å². The molecule has 5 unspecified atom stereocenters. The summed E-state index contributed by atoms with van der Waals surface area (Å²) in [6.45, 7) is 14.5. The molecule has 0 bridgehead atoms. The van der Waals surface area contributed by atoms with E-state index < -0.39 is 128 Å². The fraction of sp³-hybridized carbons (Fsp3) is 0.915. The molecule has 3 aliphatic heterocycles. The second-order valence-corrected chi connectivity index (χ2v) is 23.0. The zero-order valence-corrected chi connectivity index (χ0v) is 38.7. The molecule has 0 spiro atoms. The van der Waals surface area contributed by atoms with E-state index in [0.29, 0.717) is 19.3 Å². The minimum absolute atomic E-state index is 0.0127. The van der Waals surface area contributed by atoms with Crippen LogP contribution in [0.15, 0.2) is 11.6 Å². The van der Waals surface area contributed by atoms with Crippen LogP contribution in [0.25, 0.3) is 0 Å². The quantitative estimate of drug-likeness (QED) is 0.110. The van der Waals surface area contributed by atoms with E-state index in [0.717, 1.165) is 44.9 Å². The lowest BCUT2D eigenvalue weighted by Crippen LogP contribution is -2.68. The lowest BCUT2D eigenvalue weighted by molar-refractivity contribution is -0.378. The van der Waals surface area contributed by atoms with Crippen LogP contribution in [-0.4, -0.2) is 168 Å². The first-order valence-electron chi connectivity index (χ1n) is 23.7. The molecule has 65 heavy (non-hydrogen) atoms. The molecular formula is C47H74O18. The van der Waals surface area contributed by atoms with E-state index in [1.165, 1.54) is 5.57 Å². The third-order valence-electron chi connectivity index (χ3n) is 19.0. The van der Waals surface area contributed by atoms with Crippen molar-refractivity contribution in [2.75, 3.05) is 13.2 Å². The fourth-order valence-electron chi connectivity index (χ4n) is 14.9. The highest BCUT2D eigenvalue weighted by Gasteiger charge is 2.70. The number of carboxylic acid groups (broad SMARTS) is 2. The van der Waals surface area contributed by atoms with Gasteiger partial charge < -0.3 is 79.5 Å². The van der Waals surface area contributed by atoms with Crippen molar-refractivity contribution in [3.05, 3.63) is 11.6 Å². The summed E-state index contributed by atoms with van der Waals surface area (Å²) >= 11 is 0. The summed E-state index contributed by atoms with van der Waals surface area (Å²) in [5.41, 5.74) is -0.370. The van der Waals surface area contributed by atoms with Gasteiger partial charge in [0.15, 0.2) is 25.0 Å². The first-order chi connectivity index (χ1) is 30.3. The Morgan fingerprint density at radius 3 is 1.82 bits per heavy atom. The maximum atomic E-state index is 13.1. The monoisotopic (exact) mass is 926 g/mol. The fourth-order valence-corrected chi connectivity index (χ4v) is 14.9. The van der Waals surface area contributed by atoms with E-state index in [-0.39, 0.29) is 39.4 Å². The van der Waals surface area contributed by atoms with Crippen LogP contribution < -0.4 is 0 Å². The van der Waals surface area contributed by atoms with Gasteiger partial charge in [-0.25, -0.2) is 4.79 Å². The van der Waals surface area contributed by atoms with Crippen LogP contribution in [0.5, 0.6) is 0 Å². The Balaban J connectivity index is 1.06. The van der Waals surface area contributed by atoms with E-state index in [1.54, 1.807) is 0 Å². The first-order valence-corrected chi connectivity index (χ1v) is 23.7. The van der Waals surface area contributed by atoms with Gasteiger partial charge in [-0.15, -0.1) is 0 Å². The van der Waals surface area contributed by atoms with Gasteiger partial charge in [0.25, 0.3) is 0 Å². The Morgan fingerprint density at radius 1 is 0.646 bits per heavy atom. The molecule has 10 N–H and O–H groups in total. The minimum atomic E-state index is -1.99. The molecule has 0 aromatic rings. The standard InChI is InChI=1S/C47H74O18/c1-42(2)14-16-47(41(58)59)17-15-45(6)21(22(47)18-42)8-9-26-44(5)12-11-27(43(3,4)25(44)10-13-46(26,45)7)62-40-33(55)34(63-39-32(54)30(52)28(50)23(19-48)60-39)35(36(65-40)37(56)57)64-38-31(53)29(51)24(20-49)61-38/h8,22-36,38-40,48-55H,9-20H2,1-7H3,(H,56,57)(H,58,59)/t22?,23-,24+,25?,26?,27?,28-,29-,30-,31-,32-,33-,34+,35+,36+,38+,39+,40-,44+,45?,46-,47+/m1/s1. The SMILES string of the molecule is CC1(C)CC[C@]2(C(=O)O)CCC3(C)C(=CCC4[C@@]5(C)CCC(O[C@@H]6O[C@H](C(=O)O)[C@@H](O[C@@H]7O[C@@H](CO)[C@@H](O)[C@H]7O)[C@@H](O[C@@H]7O[C@H](CO)[C@@H](O)[C@@H](O)[C@H]7O)[C@H]6O)C(C)(C)C5CC[C@]43C)C2C1. The van der Waals surface area contributed by atoms with Crippen LogP contribution in [-0.2, 0) is 38.0 Å². The van der Waals surface area contributed by atoms with Crippen molar-refractivity contribution < 1.29 is 89.1 Å². The summed E-state index contributed by atoms with van der Waals surface area (Å²) < 4.78 is 35.8. The van der Waals surface area contributed by atoms with Crippen molar-refractivity contribution in [2.45, 2.75) is 205 Å². The molecule has 7 fully saturated rings. The van der Waals surface area contributed by atoms with Gasteiger partial charge in [-0.3, -0.25) is 4.79 Å². The second-order valence-electron chi connectivity index (χ2n) is 23.0. The topological polar surface area (TPSA) is 292 Å². The number of ether oxygens (including phenoxy) is 6. The van der Waals surface area contributed by atoms with Crippen LogP contribution in [0, 0.1) is 50.2 Å². The van der Waals surface area contributed by atoms with Crippen LogP contribution >= 0.6 is 0 Å². The lowest BCUT2D eigenvalue weighted by Gasteiger charge is -2.71. The van der Waals surface area contributed by atoms with Crippen molar-refractivity contribution in [3.63, 3.8) is 0 Å². The lowest BCUT2D eigenvalue weighted by atomic mass is 9.33. The van der Waals surface area contributed by atoms with Crippen molar-refractivity contribution in [1.82, 2.24) is 0 Å². The third-order valence-corrected chi connectivity index (χ3v) is 19.0. The number of hydrogen-bond acceptors (Lipinski definition) is 16. The second kappa shape index (κ2) is 17.2. The summed E-state index contributed by atoms with van der Waals surface area (Å²) in [6.07, 6.45) is -14.9. The predicted octanol–water partition coefficient (Wildman–Crippen LogP) is 1.44. The first kappa shape index (κ1) is 49.5. The zero-order chi connectivity index (χ0) is 47.6. The molecule has 18 nitrogen and oxygen atoms in total. The van der Waals surface area contributed by atoms with Gasteiger partial charge in [0.2, 0.25) is 0 Å². The normalized spacial score (nSPS) is 52.6. The molecule has 8 aliphatic rings. The van der Waals surface area contributed by atoms with Crippen LogP contribution in [0.2, 0.25) is 0 Å². The number of hydrogen-bond donors (Lipinski definition) is 10. The summed E-state index contributed by atoms with van der Waals surface area (Å²) in [4.78, 5) is 26.2. The highest BCUT2D eigenvalue weighted by atomic mass is 16.8. The number of aliphatic hydroxyl groups excluding tert-OH is 8. The van der Waals surface area contributed by atoms with Crippen LogP contribution in [0.3, 0.4) is 0 Å². The van der Waals surface area contributed by atoms with Crippen molar-refractivity contribution in [3.8, 4) is 0 Å². The Morgan fingerprint density at radius 2 is 1.22 bits per heavy atom. The molecule has 0 amide bonds. The molecule has 5 aliphatic carbocycles. The van der Waals surface area contributed by atoms with Gasteiger partial charge in [0.05, 0.1) is 24.7 Å². The molecule has 3 heterocycles. The van der Waals surface area contributed by atoms with Gasteiger partial charge in [0.1, 0.15) is 61.0 Å². The highest BCUT2D eigenvalue weighted by molar-refractivity contribution is 5.76. The Kier molecular flexibility index (Phi) is 13.1. The average Bonchev–Trinajstić information content (AvgIpc) is 3.51. The summed E-state index contributed by atoms with van der Waals surface area (Å²) in [7, 11) is 0. The summed E-state index contributed by atoms with van der Waals surface area (Å²) in [5, 5.41) is 106. The molecule has 18 heteroatoms. The van der Waals surface area contributed by atoms with Gasteiger partial charge in [0, 0.05) is 0 Å². The van der Waals surface area contributed by atoms with E-state index in [9.17, 15) is 60.7 Å². The third kappa shape index (κ3) is 7.67. The van der Waals surface area contributed by atoms with E-state index in [2.05, 4.69) is 54.5 Å². The molecule has 0 aromatic carbocycles. The van der Waals surface area contributed by atoms with E-state index >= 15 is 0 Å². The molecule has 0 radical (unpaired) electrons. The minimum Gasteiger partial charge on any atom is -0.481 e. The highest BCUT2D eigenvalue weighted by Crippen LogP contribution is 2.76. The largest absolute Gasteiger partial charge is 0.481 e. The van der Waals surface area contributed by atoms with E-state index in [1.807, 2.05) is 0 Å². The van der Waals surface area contributed by atoms with Crippen molar-refractivity contribution >= 4 is 11.9 Å². The Hall–Kier alpha value is -1.88. The number of fused-ring (bicyclic) bond motifs is 7. The molecular weight excluding hydrogens is 852 g/mol. The molecule has 0 aromatic heterocycles. The smallest absolute Gasteiger partial charge is 0.335 e. The Labute approximate surface area is 380 Å². The molecule has 4 saturated carbocycles. The zero-order valence-electron chi connectivity index (χ0n) is 38.7. The molecule has 370 valence electrons. The van der Waals surface area contributed by atoms with Crippen LogP contribution in [0.1, 0.15) is 113 Å². The van der Waals surface area contributed by atoms with Gasteiger partial charge in [-0.1, -0.05) is 60.1 Å². The molecule has 8 rings (SSSR count). The Bertz CT molecular complexity index is 1820. The number of rotatable bonds is 10. The van der Waals surface area contributed by atoms with Gasteiger partial charge >= 0.3 is 11.9 Å². The summed E-state index contributed by atoms with van der Waals surface area (Å²) in [5.74, 6) is -1.89. The number of carbonyl (C=O) groups is 2. The van der Waals surface area contributed by atoms with Gasteiger partial charge in [-0.2, -0.15) is 0 Å². The average molecular weight is 927 g/mol. The number of allylic oxidation sites excluding steroid dienone is 2. The summed E-state index contributed by atoms with van der Waals surface area (Å²) in [6, 6.07) is 0. The number of aliphatic carboxylic acids is 2. The molecule has 3 saturated heterocycles. The number of carboxylic acids is 2. The number of aliphatic hydroxyl groups is 8. The predicted molar refractivity (Wildman–Crippen MR) is 225 cm³/mol. The van der Waals surface area contributed by atoms with Gasteiger partial charge in [-0.05, 0) is 109 Å². The van der Waals surface area contributed by atoms with E-state index in [4.69, 9.17) is 28.4 Å². The van der Waals surface area contributed by atoms with Crippen molar-refractivity contribution in [1.29, 1.82) is 0 Å².